The van der Waals surface area contributed by atoms with Gasteiger partial charge in [-0.2, -0.15) is 0 Å². The Morgan fingerprint density at radius 2 is 2.17 bits per heavy atom. The fraction of sp³-hybridized carbons (Fsp3) is 0.615. The molecule has 0 saturated heterocycles. The number of nitrogens with one attached hydrogen (secondary N) is 1. The SMILES string of the molecule is O=C(CCC1CCCCC1)Nc1nccc(Cl)n1. The number of hydrogen-bond donors (Lipinski definition) is 1. The molecule has 0 radical (unpaired) electrons. The van der Waals surface area contributed by atoms with Crippen molar-refractivity contribution in [3.8, 4) is 0 Å². The molecular weight excluding hydrogens is 250 g/mol. The van der Waals surface area contributed by atoms with E-state index in [1.165, 1.54) is 38.3 Å². The van der Waals surface area contributed by atoms with Crippen molar-refractivity contribution in [2.45, 2.75) is 44.9 Å². The number of carbonyl (C=O) groups is 1. The summed E-state index contributed by atoms with van der Waals surface area (Å²) in [5.41, 5.74) is 0. The Labute approximate surface area is 112 Å². The van der Waals surface area contributed by atoms with Gasteiger partial charge in [-0.05, 0) is 18.4 Å². The fourth-order valence-electron chi connectivity index (χ4n) is 2.40. The lowest BCUT2D eigenvalue weighted by Gasteiger charge is -2.20. The molecule has 1 fully saturated rings. The molecule has 1 amide bonds. The fourth-order valence-corrected chi connectivity index (χ4v) is 2.53. The first kappa shape index (κ1) is 13.3. The molecule has 0 aliphatic heterocycles. The minimum Gasteiger partial charge on any atom is -0.294 e. The van der Waals surface area contributed by atoms with Crippen LogP contribution in [0.5, 0.6) is 0 Å². The summed E-state index contributed by atoms with van der Waals surface area (Å²) in [6.07, 6.45) is 9.54. The van der Waals surface area contributed by atoms with Gasteiger partial charge in [0.2, 0.25) is 11.9 Å². The van der Waals surface area contributed by atoms with Crippen molar-refractivity contribution in [3.05, 3.63) is 17.4 Å². The molecule has 1 aromatic heterocycles. The van der Waals surface area contributed by atoms with Gasteiger partial charge in [-0.15, -0.1) is 0 Å². The molecule has 1 aliphatic rings. The number of halogens is 1. The summed E-state index contributed by atoms with van der Waals surface area (Å²) in [5.74, 6) is 0.976. The molecule has 2 rings (SSSR count). The predicted molar refractivity (Wildman–Crippen MR) is 71.5 cm³/mol. The molecule has 1 N–H and O–H groups in total. The van der Waals surface area contributed by atoms with E-state index in [4.69, 9.17) is 11.6 Å². The molecule has 18 heavy (non-hydrogen) atoms. The molecule has 5 heteroatoms. The average molecular weight is 268 g/mol. The maximum absolute atomic E-state index is 11.7. The highest BCUT2D eigenvalue weighted by molar-refractivity contribution is 6.29. The summed E-state index contributed by atoms with van der Waals surface area (Å²) in [7, 11) is 0. The molecular formula is C13H18ClN3O. The number of carbonyl (C=O) groups excluding carboxylic acids is 1. The molecule has 0 bridgehead atoms. The second-order valence-electron chi connectivity index (χ2n) is 4.79. The normalized spacial score (nSPS) is 16.5. The summed E-state index contributed by atoms with van der Waals surface area (Å²) >= 11 is 5.72. The van der Waals surface area contributed by atoms with Gasteiger partial charge in [0.05, 0.1) is 0 Å². The van der Waals surface area contributed by atoms with Crippen LogP contribution in [0.25, 0.3) is 0 Å². The molecule has 0 unspecified atom stereocenters. The summed E-state index contributed by atoms with van der Waals surface area (Å²) in [4.78, 5) is 19.6. The van der Waals surface area contributed by atoms with Gasteiger partial charge in [-0.3, -0.25) is 10.1 Å². The second-order valence-corrected chi connectivity index (χ2v) is 5.18. The van der Waals surface area contributed by atoms with E-state index in [0.717, 1.165) is 6.42 Å². The third kappa shape index (κ3) is 4.26. The lowest BCUT2D eigenvalue weighted by atomic mass is 9.86. The number of hydrogen-bond acceptors (Lipinski definition) is 3. The van der Waals surface area contributed by atoms with Crippen LogP contribution < -0.4 is 5.32 Å². The first-order chi connectivity index (χ1) is 8.74. The van der Waals surface area contributed by atoms with Gasteiger partial charge in [0.15, 0.2) is 0 Å². The quantitative estimate of drug-likeness (QED) is 0.851. The van der Waals surface area contributed by atoms with Crippen molar-refractivity contribution in [1.82, 2.24) is 9.97 Å². The summed E-state index contributed by atoms with van der Waals surface area (Å²) in [6.45, 7) is 0. The monoisotopic (exact) mass is 267 g/mol. The smallest absolute Gasteiger partial charge is 0.230 e. The highest BCUT2D eigenvalue weighted by atomic mass is 35.5. The molecule has 0 spiro atoms. The van der Waals surface area contributed by atoms with Gasteiger partial charge in [-0.25, -0.2) is 9.97 Å². The molecule has 1 saturated carbocycles. The molecule has 1 aromatic rings. The average Bonchev–Trinajstić information content (AvgIpc) is 2.38. The topological polar surface area (TPSA) is 54.9 Å². The maximum Gasteiger partial charge on any atom is 0.230 e. The van der Waals surface area contributed by atoms with Gasteiger partial charge in [0, 0.05) is 12.6 Å². The number of amides is 1. The van der Waals surface area contributed by atoms with Crippen molar-refractivity contribution in [1.29, 1.82) is 0 Å². The van der Waals surface area contributed by atoms with Gasteiger partial charge < -0.3 is 0 Å². The van der Waals surface area contributed by atoms with Crippen molar-refractivity contribution < 1.29 is 4.79 Å². The Balaban J connectivity index is 1.74. The Kier molecular flexibility index (Phi) is 4.93. The van der Waals surface area contributed by atoms with Crippen molar-refractivity contribution >= 4 is 23.5 Å². The third-order valence-electron chi connectivity index (χ3n) is 3.38. The van der Waals surface area contributed by atoms with Crippen LogP contribution >= 0.6 is 11.6 Å². The standard InChI is InChI=1S/C13H18ClN3O/c14-11-8-9-15-13(16-11)17-12(18)7-6-10-4-2-1-3-5-10/h8-10H,1-7H2,(H,15,16,17,18). The van der Waals surface area contributed by atoms with Gasteiger partial charge in [0.1, 0.15) is 5.15 Å². The van der Waals surface area contributed by atoms with E-state index < -0.39 is 0 Å². The number of aromatic nitrogens is 2. The second kappa shape index (κ2) is 6.69. The van der Waals surface area contributed by atoms with Crippen LogP contribution in [0.2, 0.25) is 5.15 Å². The summed E-state index contributed by atoms with van der Waals surface area (Å²) in [5, 5.41) is 3.02. The van der Waals surface area contributed by atoms with Crippen molar-refractivity contribution in [2.75, 3.05) is 5.32 Å². The zero-order valence-corrected chi connectivity index (χ0v) is 11.1. The van der Waals surface area contributed by atoms with Gasteiger partial charge >= 0.3 is 0 Å². The Morgan fingerprint density at radius 3 is 2.89 bits per heavy atom. The lowest BCUT2D eigenvalue weighted by Crippen LogP contribution is -2.16. The minimum atomic E-state index is -0.0251. The van der Waals surface area contributed by atoms with Crippen LogP contribution in [0.3, 0.4) is 0 Å². The van der Waals surface area contributed by atoms with Crippen LogP contribution in [-0.4, -0.2) is 15.9 Å². The zero-order chi connectivity index (χ0) is 12.8. The van der Waals surface area contributed by atoms with E-state index in [1.54, 1.807) is 6.07 Å². The molecule has 0 atom stereocenters. The lowest BCUT2D eigenvalue weighted by molar-refractivity contribution is -0.116. The zero-order valence-electron chi connectivity index (χ0n) is 10.4. The van der Waals surface area contributed by atoms with E-state index in [2.05, 4.69) is 15.3 Å². The molecule has 1 heterocycles. The van der Waals surface area contributed by atoms with E-state index >= 15 is 0 Å². The van der Waals surface area contributed by atoms with Crippen LogP contribution in [0.4, 0.5) is 5.95 Å². The summed E-state index contributed by atoms with van der Waals surface area (Å²) in [6, 6.07) is 1.58. The first-order valence-corrected chi connectivity index (χ1v) is 6.90. The van der Waals surface area contributed by atoms with E-state index in [-0.39, 0.29) is 11.9 Å². The molecule has 0 aromatic carbocycles. The van der Waals surface area contributed by atoms with Gasteiger partial charge in [-0.1, -0.05) is 43.7 Å². The largest absolute Gasteiger partial charge is 0.294 e. The third-order valence-corrected chi connectivity index (χ3v) is 3.59. The Hall–Kier alpha value is -1.16. The first-order valence-electron chi connectivity index (χ1n) is 6.52. The van der Waals surface area contributed by atoms with E-state index in [1.807, 2.05) is 0 Å². The van der Waals surface area contributed by atoms with Crippen LogP contribution in [0, 0.1) is 5.92 Å². The Bertz CT molecular complexity index is 405. The van der Waals surface area contributed by atoms with E-state index in [9.17, 15) is 4.79 Å². The van der Waals surface area contributed by atoms with Crippen molar-refractivity contribution in [2.24, 2.45) is 5.92 Å². The predicted octanol–water partition coefficient (Wildman–Crippen LogP) is 3.43. The highest BCUT2D eigenvalue weighted by Gasteiger charge is 2.15. The summed E-state index contributed by atoms with van der Waals surface area (Å²) < 4.78 is 0. The molecule has 1 aliphatic carbocycles. The Morgan fingerprint density at radius 1 is 1.39 bits per heavy atom. The number of rotatable bonds is 4. The number of nitrogens with zero attached hydrogens (tertiary/aromatic N) is 2. The number of anilines is 1. The van der Waals surface area contributed by atoms with E-state index in [0.29, 0.717) is 17.5 Å². The van der Waals surface area contributed by atoms with Gasteiger partial charge in [0.25, 0.3) is 0 Å². The van der Waals surface area contributed by atoms with Crippen LogP contribution in [-0.2, 0) is 4.79 Å². The molecule has 4 nitrogen and oxygen atoms in total. The maximum atomic E-state index is 11.7. The highest BCUT2D eigenvalue weighted by Crippen LogP contribution is 2.27. The van der Waals surface area contributed by atoms with Crippen LogP contribution in [0.15, 0.2) is 12.3 Å². The van der Waals surface area contributed by atoms with Crippen molar-refractivity contribution in [3.63, 3.8) is 0 Å². The molecule has 98 valence electrons. The van der Waals surface area contributed by atoms with Crippen LogP contribution in [0.1, 0.15) is 44.9 Å². The minimum absolute atomic E-state index is 0.0251.